The number of aryl methyl sites for hydroxylation is 1. The van der Waals surface area contributed by atoms with Crippen molar-refractivity contribution in [2.45, 2.75) is 44.8 Å². The zero-order valence-corrected chi connectivity index (χ0v) is 17.8. The first-order valence-corrected chi connectivity index (χ1v) is 11.8. The van der Waals surface area contributed by atoms with Crippen molar-refractivity contribution in [1.82, 2.24) is 9.21 Å². The van der Waals surface area contributed by atoms with Crippen molar-refractivity contribution in [3.63, 3.8) is 0 Å². The molecule has 0 aromatic heterocycles. The highest BCUT2D eigenvalue weighted by Crippen LogP contribution is 2.40. The Morgan fingerprint density at radius 2 is 2.07 bits per heavy atom. The molecular weight excluding hydrogens is 378 g/mol. The van der Waals surface area contributed by atoms with E-state index in [1.807, 2.05) is 43.0 Å². The average molecular weight is 410 g/mol. The van der Waals surface area contributed by atoms with Crippen molar-refractivity contribution in [2.75, 3.05) is 43.9 Å². The second kappa shape index (κ2) is 8.10. The van der Waals surface area contributed by atoms with Crippen LogP contribution in [-0.2, 0) is 14.8 Å². The highest BCUT2D eigenvalue weighted by molar-refractivity contribution is 7.88. The first-order valence-electron chi connectivity index (χ1n) is 9.92. The van der Waals surface area contributed by atoms with E-state index < -0.39 is 21.7 Å². The number of piperidine rings is 1. The number of carbonyl (C=O) groups is 1. The van der Waals surface area contributed by atoms with Gasteiger partial charge in [-0.05, 0) is 50.8 Å². The molecule has 1 aromatic rings. The lowest BCUT2D eigenvalue weighted by atomic mass is 9.83. The summed E-state index contributed by atoms with van der Waals surface area (Å²) in [5, 5.41) is 10.9. The number of sulfonamides is 1. The van der Waals surface area contributed by atoms with Gasteiger partial charge in [-0.1, -0.05) is 12.1 Å². The number of β-amino-alcohol motifs (C(OH)–C–C–N with tert-alkyl or cyclic N) is 1. The first-order chi connectivity index (χ1) is 13.2. The number of nitrogens with zero attached hydrogens (tertiary/aromatic N) is 3. The number of carbonyl (C=O) groups excluding carboxylic acids is 1. The number of benzene rings is 1. The maximum atomic E-state index is 12.9. The summed E-state index contributed by atoms with van der Waals surface area (Å²) in [5.41, 5.74) is 1.26. The van der Waals surface area contributed by atoms with Gasteiger partial charge < -0.3 is 10.0 Å². The van der Waals surface area contributed by atoms with Crippen molar-refractivity contribution < 1.29 is 18.3 Å². The number of amides is 1. The Morgan fingerprint density at radius 3 is 2.68 bits per heavy atom. The molecule has 1 aromatic carbocycles. The molecule has 2 saturated heterocycles. The van der Waals surface area contributed by atoms with Crippen LogP contribution >= 0.6 is 0 Å². The fourth-order valence-corrected chi connectivity index (χ4v) is 6.12. The lowest BCUT2D eigenvalue weighted by Crippen LogP contribution is -2.63. The summed E-state index contributed by atoms with van der Waals surface area (Å²) >= 11 is 0. The molecule has 2 atom stereocenters. The summed E-state index contributed by atoms with van der Waals surface area (Å²) in [6.07, 6.45) is 2.41. The van der Waals surface area contributed by atoms with Crippen LogP contribution in [0.1, 0.15) is 31.7 Å². The topological polar surface area (TPSA) is 81.2 Å². The molecule has 2 aliphatic rings. The summed E-state index contributed by atoms with van der Waals surface area (Å²) in [6, 6.07) is 7.85. The summed E-state index contributed by atoms with van der Waals surface area (Å²) in [7, 11) is -3.36. The van der Waals surface area contributed by atoms with Crippen molar-refractivity contribution in [3.8, 4) is 0 Å². The van der Waals surface area contributed by atoms with Crippen LogP contribution in [0.25, 0.3) is 0 Å². The van der Waals surface area contributed by atoms with E-state index in [0.717, 1.165) is 17.7 Å². The molecule has 1 amide bonds. The van der Waals surface area contributed by atoms with Crippen LogP contribution in [0.4, 0.5) is 5.69 Å². The molecule has 1 spiro atoms. The highest BCUT2D eigenvalue weighted by atomic mass is 32.2. The zero-order chi connectivity index (χ0) is 20.5. The number of likely N-dealkylation sites (tertiary alicyclic amines) is 1. The van der Waals surface area contributed by atoms with Gasteiger partial charge in [0.1, 0.15) is 0 Å². The van der Waals surface area contributed by atoms with E-state index in [4.69, 9.17) is 0 Å². The molecule has 0 saturated carbocycles. The van der Waals surface area contributed by atoms with E-state index in [2.05, 4.69) is 0 Å². The van der Waals surface area contributed by atoms with Gasteiger partial charge in [0.25, 0.3) is 0 Å². The first kappa shape index (κ1) is 21.2. The Balaban J connectivity index is 1.68. The fraction of sp³-hybridized carbons (Fsp3) is 0.650. The minimum Gasteiger partial charge on any atom is -0.390 e. The third-order valence-electron chi connectivity index (χ3n) is 6.07. The Kier molecular flexibility index (Phi) is 6.14. The molecule has 3 rings (SSSR count). The molecule has 2 aliphatic heterocycles. The van der Waals surface area contributed by atoms with Gasteiger partial charge >= 0.3 is 0 Å². The maximum absolute atomic E-state index is 12.9. The number of hydrogen-bond donors (Lipinski definition) is 1. The van der Waals surface area contributed by atoms with Crippen LogP contribution < -0.4 is 4.90 Å². The molecule has 0 radical (unpaired) electrons. The number of rotatable bonds is 5. The third-order valence-corrected chi connectivity index (χ3v) is 7.42. The Hall–Kier alpha value is -1.48. The van der Waals surface area contributed by atoms with Gasteiger partial charge in [-0.15, -0.1) is 0 Å². The van der Waals surface area contributed by atoms with Crippen LogP contribution in [0.15, 0.2) is 24.3 Å². The molecule has 1 N–H and O–H groups in total. The van der Waals surface area contributed by atoms with Gasteiger partial charge in [0.05, 0.1) is 24.4 Å². The fourth-order valence-electron chi connectivity index (χ4n) is 4.70. The Bertz CT molecular complexity index is 828. The molecular formula is C20H31N3O4S. The van der Waals surface area contributed by atoms with Crippen LogP contribution in [-0.4, -0.2) is 79.3 Å². The summed E-state index contributed by atoms with van der Waals surface area (Å²) in [5.74, 6) is -0.0114. The largest absolute Gasteiger partial charge is 0.390 e. The molecule has 7 nitrogen and oxygen atoms in total. The molecule has 2 heterocycles. The second-order valence-corrected chi connectivity index (χ2v) is 9.93. The van der Waals surface area contributed by atoms with Gasteiger partial charge in [-0.25, -0.2) is 8.42 Å². The predicted octanol–water partition coefficient (Wildman–Crippen LogP) is 1.21. The molecule has 8 heteroatoms. The second-order valence-electron chi connectivity index (χ2n) is 8.02. The number of aliphatic hydroxyl groups is 1. The van der Waals surface area contributed by atoms with Gasteiger partial charge in [0.15, 0.2) is 0 Å². The van der Waals surface area contributed by atoms with E-state index in [1.165, 1.54) is 10.6 Å². The van der Waals surface area contributed by atoms with Crippen molar-refractivity contribution in [1.29, 1.82) is 0 Å². The third kappa shape index (κ3) is 4.10. The minimum absolute atomic E-state index is 0.0114. The van der Waals surface area contributed by atoms with Gasteiger partial charge in [0.2, 0.25) is 15.9 Å². The quantitative estimate of drug-likeness (QED) is 0.791. The van der Waals surface area contributed by atoms with Crippen LogP contribution in [0.3, 0.4) is 0 Å². The standard InChI is InChI=1S/C20H31N3O4S/c1-4-22(17-8-5-7-16(2)13-17)19(25)15-21-12-10-20(18(24)14-21)9-6-11-23(20)28(3,26)27/h5,7-8,13,18,24H,4,6,9-12,14-15H2,1-3H3/t18-,20-/m0/s1. The van der Waals surface area contributed by atoms with Gasteiger partial charge in [-0.2, -0.15) is 4.31 Å². The number of aliphatic hydroxyl groups excluding tert-OH is 1. The number of hydrogen-bond acceptors (Lipinski definition) is 5. The van der Waals surface area contributed by atoms with Gasteiger partial charge in [-0.3, -0.25) is 9.69 Å². The number of anilines is 1. The maximum Gasteiger partial charge on any atom is 0.241 e. The molecule has 156 valence electrons. The predicted molar refractivity (Wildman–Crippen MR) is 110 cm³/mol. The molecule has 2 fully saturated rings. The van der Waals surface area contributed by atoms with E-state index in [-0.39, 0.29) is 12.5 Å². The number of likely N-dealkylation sites (N-methyl/N-ethyl adjacent to an activating group) is 1. The van der Waals surface area contributed by atoms with E-state index in [0.29, 0.717) is 39.0 Å². The van der Waals surface area contributed by atoms with Crippen molar-refractivity contribution in [2.24, 2.45) is 0 Å². The van der Waals surface area contributed by atoms with Crippen LogP contribution in [0.5, 0.6) is 0 Å². The lowest BCUT2D eigenvalue weighted by molar-refractivity contribution is -0.121. The summed E-state index contributed by atoms with van der Waals surface area (Å²) in [4.78, 5) is 16.6. The normalized spacial score (nSPS) is 26.6. The van der Waals surface area contributed by atoms with Crippen molar-refractivity contribution >= 4 is 21.6 Å². The molecule has 0 unspecified atom stereocenters. The van der Waals surface area contributed by atoms with Gasteiger partial charge in [0, 0.05) is 31.9 Å². The van der Waals surface area contributed by atoms with Crippen LogP contribution in [0, 0.1) is 6.92 Å². The molecule has 0 aliphatic carbocycles. The van der Waals surface area contributed by atoms with E-state index >= 15 is 0 Å². The molecule has 28 heavy (non-hydrogen) atoms. The smallest absolute Gasteiger partial charge is 0.241 e. The minimum atomic E-state index is -3.36. The monoisotopic (exact) mass is 409 g/mol. The lowest BCUT2D eigenvalue weighted by Gasteiger charge is -2.47. The Morgan fingerprint density at radius 1 is 1.32 bits per heavy atom. The zero-order valence-electron chi connectivity index (χ0n) is 17.0. The summed E-state index contributed by atoms with van der Waals surface area (Å²) < 4.78 is 25.8. The van der Waals surface area contributed by atoms with E-state index in [1.54, 1.807) is 4.90 Å². The Labute approximate surface area is 168 Å². The summed E-state index contributed by atoms with van der Waals surface area (Å²) in [6.45, 7) is 6.10. The van der Waals surface area contributed by atoms with Crippen molar-refractivity contribution in [3.05, 3.63) is 29.8 Å². The van der Waals surface area contributed by atoms with E-state index in [9.17, 15) is 18.3 Å². The molecule has 0 bridgehead atoms. The van der Waals surface area contributed by atoms with Crippen LogP contribution in [0.2, 0.25) is 0 Å². The highest BCUT2D eigenvalue weighted by Gasteiger charge is 2.52. The SMILES string of the molecule is CCN(C(=O)CN1CC[C@@]2(CCCN2S(C)(=O)=O)[C@@H](O)C1)c1cccc(C)c1. The average Bonchev–Trinajstić information content (AvgIpc) is 3.04.